The summed E-state index contributed by atoms with van der Waals surface area (Å²) < 4.78 is 0. The van der Waals surface area contributed by atoms with E-state index >= 15 is 0 Å². The summed E-state index contributed by atoms with van der Waals surface area (Å²) in [5, 5.41) is 10.9. The molecule has 0 saturated heterocycles. The lowest BCUT2D eigenvalue weighted by atomic mass is 9.99. The molecule has 0 radical (unpaired) electrons. The first-order valence-corrected chi connectivity index (χ1v) is 16.6. The van der Waals surface area contributed by atoms with Gasteiger partial charge in [-0.2, -0.15) is 0 Å². The van der Waals surface area contributed by atoms with Crippen molar-refractivity contribution in [3.8, 4) is 0 Å². The molecular formula is C44H44N2O2. The molecule has 6 rings (SSSR count). The monoisotopic (exact) mass is 632 g/mol. The first kappa shape index (κ1) is 33.9. The van der Waals surface area contributed by atoms with E-state index in [1.807, 2.05) is 87.5 Å². The third-order valence-electron chi connectivity index (χ3n) is 8.51. The van der Waals surface area contributed by atoms with Gasteiger partial charge in [-0.15, -0.1) is 0 Å². The van der Waals surface area contributed by atoms with Crippen molar-refractivity contribution in [1.82, 2.24) is 10.6 Å². The maximum Gasteiger partial charge on any atom is 0.244 e. The van der Waals surface area contributed by atoms with Gasteiger partial charge in [0.25, 0.3) is 0 Å². The van der Waals surface area contributed by atoms with Gasteiger partial charge in [0.15, 0.2) is 0 Å². The minimum atomic E-state index is -0.0862. The Hall–Kier alpha value is -5.48. The lowest BCUT2D eigenvalue weighted by molar-refractivity contribution is -0.121. The lowest BCUT2D eigenvalue weighted by Crippen LogP contribution is -2.26. The van der Waals surface area contributed by atoms with E-state index in [1.54, 1.807) is 6.08 Å². The molecule has 0 unspecified atom stereocenters. The fourth-order valence-corrected chi connectivity index (χ4v) is 6.06. The van der Waals surface area contributed by atoms with E-state index in [2.05, 4.69) is 90.4 Å². The molecule has 0 aliphatic rings. The van der Waals surface area contributed by atoms with Crippen LogP contribution in [0.25, 0.3) is 27.6 Å². The number of amides is 2. The molecule has 0 spiro atoms. The predicted octanol–water partition coefficient (Wildman–Crippen LogP) is 10.00. The molecule has 2 N–H and O–H groups in total. The maximum atomic E-state index is 12.3. The summed E-state index contributed by atoms with van der Waals surface area (Å²) in [5.41, 5.74) is 6.95. The minimum absolute atomic E-state index is 0.00103. The second kappa shape index (κ2) is 16.4. The van der Waals surface area contributed by atoms with Crippen LogP contribution in [0.1, 0.15) is 65.7 Å². The molecule has 4 nitrogen and oxygen atoms in total. The molecular weight excluding hydrogens is 588 g/mol. The van der Waals surface area contributed by atoms with Crippen molar-refractivity contribution in [2.24, 2.45) is 0 Å². The highest BCUT2D eigenvalue weighted by molar-refractivity contribution is 5.93. The topological polar surface area (TPSA) is 58.2 Å². The molecule has 6 aromatic carbocycles. The van der Waals surface area contributed by atoms with Crippen molar-refractivity contribution < 1.29 is 9.59 Å². The van der Waals surface area contributed by atoms with Gasteiger partial charge in [-0.25, -0.2) is 0 Å². The zero-order valence-corrected chi connectivity index (χ0v) is 28.2. The number of aryl methyl sites for hydroxylation is 3. The molecule has 0 saturated carbocycles. The first-order valence-electron chi connectivity index (χ1n) is 16.6. The van der Waals surface area contributed by atoms with Gasteiger partial charge in [-0.1, -0.05) is 145 Å². The Morgan fingerprint density at radius 1 is 0.604 bits per heavy atom. The number of carbonyl (C=O) groups excluding carboxylic acids is 2. The Balaban J connectivity index is 0.000000188. The van der Waals surface area contributed by atoms with Gasteiger partial charge in [-0.05, 0) is 84.0 Å². The van der Waals surface area contributed by atoms with Crippen LogP contribution in [0.2, 0.25) is 0 Å². The Morgan fingerprint density at radius 2 is 1.12 bits per heavy atom. The average Bonchev–Trinajstić information content (AvgIpc) is 3.09. The Kier molecular flexibility index (Phi) is 11.6. The van der Waals surface area contributed by atoms with Gasteiger partial charge < -0.3 is 10.6 Å². The molecule has 0 aliphatic carbocycles. The molecule has 2 amide bonds. The molecule has 0 heterocycles. The summed E-state index contributed by atoms with van der Waals surface area (Å²) in [5.74, 6) is 0.00822. The zero-order valence-electron chi connectivity index (χ0n) is 28.2. The second-order valence-electron chi connectivity index (χ2n) is 12.4. The number of hydrogen-bond acceptors (Lipinski definition) is 2. The van der Waals surface area contributed by atoms with Gasteiger partial charge in [0.2, 0.25) is 11.8 Å². The second-order valence-corrected chi connectivity index (χ2v) is 12.4. The van der Waals surface area contributed by atoms with Crippen LogP contribution in [0.15, 0.2) is 140 Å². The van der Waals surface area contributed by atoms with E-state index in [1.165, 1.54) is 38.2 Å². The normalized spacial score (nSPS) is 12.2. The lowest BCUT2D eigenvalue weighted by Gasteiger charge is -2.16. The van der Waals surface area contributed by atoms with Gasteiger partial charge in [0.1, 0.15) is 0 Å². The molecule has 4 heteroatoms. The third kappa shape index (κ3) is 9.29. The van der Waals surface area contributed by atoms with Crippen LogP contribution >= 0.6 is 0 Å². The molecule has 48 heavy (non-hydrogen) atoms. The average molecular weight is 633 g/mol. The Labute approximate surface area is 284 Å². The standard InChI is InChI=1S/C22H23NO.C22H21NO/c2*1-16-7-5-8-18(15-16)13-14-22(24)23-17(2)20-12-6-10-19-9-3-4-11-21(19)20/h3-12,15,17H,13-14H2,1-2H3,(H,23,24);3-15,17H,1-2H3,(H,23,24)/b;14-13+/t2*17-/m11/s1. The molecule has 6 aromatic rings. The van der Waals surface area contributed by atoms with Crippen molar-refractivity contribution in [3.63, 3.8) is 0 Å². The van der Waals surface area contributed by atoms with E-state index in [9.17, 15) is 9.59 Å². The largest absolute Gasteiger partial charge is 0.350 e. The number of fused-ring (bicyclic) bond motifs is 2. The quantitative estimate of drug-likeness (QED) is 0.156. The number of nitrogens with one attached hydrogen (secondary N) is 2. The maximum absolute atomic E-state index is 12.3. The highest BCUT2D eigenvalue weighted by atomic mass is 16.2. The fourth-order valence-electron chi connectivity index (χ4n) is 6.06. The number of benzene rings is 6. The summed E-state index contributed by atoms with van der Waals surface area (Å²) in [6.45, 7) is 8.18. The van der Waals surface area contributed by atoms with Crippen LogP contribution < -0.4 is 10.6 Å². The van der Waals surface area contributed by atoms with Crippen LogP contribution in [-0.2, 0) is 16.0 Å². The molecule has 0 aliphatic heterocycles. The van der Waals surface area contributed by atoms with Crippen LogP contribution in [0.4, 0.5) is 0 Å². The number of rotatable bonds is 9. The van der Waals surface area contributed by atoms with E-state index < -0.39 is 0 Å². The molecule has 2 atom stereocenters. The van der Waals surface area contributed by atoms with Gasteiger partial charge >= 0.3 is 0 Å². The fraction of sp³-hybridized carbons (Fsp3) is 0.182. The summed E-state index contributed by atoms with van der Waals surface area (Å²) in [7, 11) is 0. The first-order chi connectivity index (χ1) is 23.3. The molecule has 242 valence electrons. The SMILES string of the molecule is Cc1cccc(/C=C/C(=O)N[C@H](C)c2cccc3ccccc23)c1.Cc1cccc(CCC(=O)N[C@H](C)c2cccc3ccccc23)c1. The summed E-state index contributed by atoms with van der Waals surface area (Å²) in [6.07, 6.45) is 4.73. The van der Waals surface area contributed by atoms with E-state index in [4.69, 9.17) is 0 Å². The van der Waals surface area contributed by atoms with Crippen LogP contribution in [-0.4, -0.2) is 11.8 Å². The van der Waals surface area contributed by atoms with Crippen molar-refractivity contribution >= 4 is 39.4 Å². The number of hydrogen-bond donors (Lipinski definition) is 2. The van der Waals surface area contributed by atoms with Crippen molar-refractivity contribution in [2.45, 2.75) is 52.6 Å². The zero-order chi connectivity index (χ0) is 33.9. The molecule has 0 aromatic heterocycles. The summed E-state index contributed by atoms with van der Waals surface area (Å²) in [6, 6.07) is 45.3. The molecule has 0 fully saturated rings. The smallest absolute Gasteiger partial charge is 0.244 e. The van der Waals surface area contributed by atoms with Crippen molar-refractivity contribution in [1.29, 1.82) is 0 Å². The van der Waals surface area contributed by atoms with Crippen molar-refractivity contribution in [2.75, 3.05) is 0 Å². The number of carbonyl (C=O) groups is 2. The van der Waals surface area contributed by atoms with E-state index in [0.29, 0.717) is 6.42 Å². The Bertz CT molecular complexity index is 2030. The summed E-state index contributed by atoms with van der Waals surface area (Å²) >= 11 is 0. The van der Waals surface area contributed by atoms with E-state index in [0.717, 1.165) is 23.1 Å². The highest BCUT2D eigenvalue weighted by Crippen LogP contribution is 2.25. The summed E-state index contributed by atoms with van der Waals surface area (Å²) in [4.78, 5) is 24.5. The molecule has 0 bridgehead atoms. The Morgan fingerprint density at radius 3 is 1.73 bits per heavy atom. The van der Waals surface area contributed by atoms with Gasteiger partial charge in [0, 0.05) is 12.5 Å². The van der Waals surface area contributed by atoms with Crippen LogP contribution in [0, 0.1) is 13.8 Å². The van der Waals surface area contributed by atoms with Gasteiger partial charge in [0.05, 0.1) is 12.1 Å². The van der Waals surface area contributed by atoms with Crippen molar-refractivity contribution in [3.05, 3.63) is 173 Å². The minimum Gasteiger partial charge on any atom is -0.350 e. The van der Waals surface area contributed by atoms with Crippen LogP contribution in [0.5, 0.6) is 0 Å². The van der Waals surface area contributed by atoms with E-state index in [-0.39, 0.29) is 23.9 Å². The van der Waals surface area contributed by atoms with Gasteiger partial charge in [-0.3, -0.25) is 9.59 Å². The third-order valence-corrected chi connectivity index (χ3v) is 8.51. The highest BCUT2D eigenvalue weighted by Gasteiger charge is 2.13. The predicted molar refractivity (Wildman–Crippen MR) is 201 cm³/mol. The van der Waals surface area contributed by atoms with Crippen LogP contribution in [0.3, 0.4) is 0 Å².